The summed E-state index contributed by atoms with van der Waals surface area (Å²) in [5, 5.41) is 2.84. The fraction of sp³-hybridized carbons (Fsp3) is 0.417. The smallest absolute Gasteiger partial charge is 0.237 e. The van der Waals surface area contributed by atoms with Gasteiger partial charge >= 0.3 is 0 Å². The van der Waals surface area contributed by atoms with Gasteiger partial charge in [-0.2, -0.15) is 0 Å². The van der Waals surface area contributed by atoms with Gasteiger partial charge in [-0.1, -0.05) is 6.07 Å². The van der Waals surface area contributed by atoms with Crippen LogP contribution in [0.4, 0.5) is 5.69 Å². The fourth-order valence-electron chi connectivity index (χ4n) is 1.68. The molecule has 2 unspecified atom stereocenters. The van der Waals surface area contributed by atoms with Gasteiger partial charge in [0.25, 0.3) is 0 Å². The molecule has 5 N–H and O–H groups in total. The normalized spacial score (nSPS) is 22.6. The van der Waals surface area contributed by atoms with E-state index in [-0.39, 0.29) is 11.2 Å². The van der Waals surface area contributed by atoms with Crippen molar-refractivity contribution in [2.45, 2.75) is 29.5 Å². The molecule has 5 heteroatoms. The standard InChI is InChI=1S/C12H17N3OS/c1-7-11(16)15-9-5-8(12(2,14)6-13)3-4-10(9)17-7/h3-5,7H,6,13-14H2,1-2H3,(H,15,16). The first kappa shape index (κ1) is 12.4. The van der Waals surface area contributed by atoms with Crippen molar-refractivity contribution in [1.29, 1.82) is 0 Å². The molecule has 4 nitrogen and oxygen atoms in total. The van der Waals surface area contributed by atoms with E-state index in [0.29, 0.717) is 6.54 Å². The molecule has 0 spiro atoms. The number of thioether (sulfide) groups is 1. The Bertz CT molecular complexity index is 459. The molecule has 1 aromatic carbocycles. The van der Waals surface area contributed by atoms with E-state index in [1.165, 1.54) is 0 Å². The molecule has 0 fully saturated rings. The number of nitrogens with two attached hydrogens (primary N) is 2. The van der Waals surface area contributed by atoms with Gasteiger partial charge in [-0.05, 0) is 31.5 Å². The summed E-state index contributed by atoms with van der Waals surface area (Å²) in [5.74, 6) is 0.0334. The van der Waals surface area contributed by atoms with Crippen molar-refractivity contribution in [3.05, 3.63) is 23.8 Å². The summed E-state index contributed by atoms with van der Waals surface area (Å²) in [6, 6.07) is 5.88. The molecule has 1 amide bonds. The van der Waals surface area contributed by atoms with Crippen molar-refractivity contribution in [2.75, 3.05) is 11.9 Å². The summed E-state index contributed by atoms with van der Waals surface area (Å²) in [7, 11) is 0. The minimum absolute atomic E-state index is 0.0334. The van der Waals surface area contributed by atoms with Crippen molar-refractivity contribution in [3.8, 4) is 0 Å². The van der Waals surface area contributed by atoms with E-state index >= 15 is 0 Å². The maximum Gasteiger partial charge on any atom is 0.237 e. The van der Waals surface area contributed by atoms with Gasteiger partial charge in [0.1, 0.15) is 0 Å². The zero-order valence-electron chi connectivity index (χ0n) is 9.99. The lowest BCUT2D eigenvalue weighted by Crippen LogP contribution is -2.41. The molecule has 0 bridgehead atoms. The van der Waals surface area contributed by atoms with E-state index < -0.39 is 5.54 Å². The lowest BCUT2D eigenvalue weighted by atomic mass is 9.93. The Morgan fingerprint density at radius 1 is 1.53 bits per heavy atom. The molecular formula is C12H17N3OS. The summed E-state index contributed by atoms with van der Waals surface area (Å²) >= 11 is 1.56. The van der Waals surface area contributed by atoms with Crippen LogP contribution in [0.1, 0.15) is 19.4 Å². The third kappa shape index (κ3) is 2.31. The first-order chi connectivity index (χ1) is 7.94. The minimum atomic E-state index is -0.562. The molecule has 0 saturated carbocycles. The lowest BCUT2D eigenvalue weighted by Gasteiger charge is -2.27. The van der Waals surface area contributed by atoms with Gasteiger partial charge in [0.2, 0.25) is 5.91 Å². The van der Waals surface area contributed by atoms with E-state index in [1.807, 2.05) is 32.0 Å². The van der Waals surface area contributed by atoms with Crippen molar-refractivity contribution in [1.82, 2.24) is 0 Å². The molecule has 1 aromatic rings. The Morgan fingerprint density at radius 2 is 2.24 bits per heavy atom. The number of hydrogen-bond acceptors (Lipinski definition) is 4. The summed E-state index contributed by atoms with van der Waals surface area (Å²) in [5.41, 5.74) is 12.9. The van der Waals surface area contributed by atoms with Crippen LogP contribution in [0.2, 0.25) is 0 Å². The number of hydrogen-bond donors (Lipinski definition) is 3. The number of rotatable bonds is 2. The molecule has 2 rings (SSSR count). The number of carbonyl (C=O) groups excluding carboxylic acids is 1. The van der Waals surface area contributed by atoms with Gasteiger partial charge < -0.3 is 16.8 Å². The largest absolute Gasteiger partial charge is 0.328 e. The highest BCUT2D eigenvalue weighted by molar-refractivity contribution is 8.00. The second-order valence-corrected chi connectivity index (χ2v) is 5.96. The maximum absolute atomic E-state index is 11.6. The van der Waals surface area contributed by atoms with Crippen molar-refractivity contribution >= 4 is 23.4 Å². The molecule has 17 heavy (non-hydrogen) atoms. The number of carbonyl (C=O) groups is 1. The third-order valence-electron chi connectivity index (χ3n) is 2.99. The highest BCUT2D eigenvalue weighted by Crippen LogP contribution is 2.37. The van der Waals surface area contributed by atoms with E-state index in [9.17, 15) is 4.79 Å². The van der Waals surface area contributed by atoms with Gasteiger partial charge in [0.05, 0.1) is 16.5 Å². The Kier molecular flexibility index (Phi) is 3.16. The van der Waals surface area contributed by atoms with Crippen LogP contribution in [0.15, 0.2) is 23.1 Å². The molecule has 92 valence electrons. The summed E-state index contributed by atoms with van der Waals surface area (Å²) in [6.45, 7) is 4.14. The van der Waals surface area contributed by atoms with Gasteiger partial charge in [-0.15, -0.1) is 11.8 Å². The van der Waals surface area contributed by atoms with E-state index in [2.05, 4.69) is 5.32 Å². The summed E-state index contributed by atoms with van der Waals surface area (Å²) < 4.78 is 0. The number of fused-ring (bicyclic) bond motifs is 1. The Labute approximate surface area is 105 Å². The summed E-state index contributed by atoms with van der Waals surface area (Å²) in [6.07, 6.45) is 0. The molecule has 1 heterocycles. The van der Waals surface area contributed by atoms with Gasteiger partial charge in [-0.3, -0.25) is 4.79 Å². The Morgan fingerprint density at radius 3 is 2.88 bits per heavy atom. The molecule has 0 aliphatic carbocycles. The van der Waals surface area contributed by atoms with Gasteiger partial charge in [-0.25, -0.2) is 0 Å². The number of anilines is 1. The zero-order chi connectivity index (χ0) is 12.6. The SMILES string of the molecule is CC1Sc2ccc(C(C)(N)CN)cc2NC1=O. The topological polar surface area (TPSA) is 81.1 Å². The zero-order valence-corrected chi connectivity index (χ0v) is 10.8. The van der Waals surface area contributed by atoms with Crippen molar-refractivity contribution in [3.63, 3.8) is 0 Å². The average molecular weight is 251 g/mol. The average Bonchev–Trinajstić information content (AvgIpc) is 2.30. The van der Waals surface area contributed by atoms with Crippen LogP contribution in [0, 0.1) is 0 Å². The molecule has 1 aliphatic heterocycles. The highest BCUT2D eigenvalue weighted by Gasteiger charge is 2.26. The van der Waals surface area contributed by atoms with Gasteiger partial charge in [0, 0.05) is 11.4 Å². The van der Waals surface area contributed by atoms with Crippen LogP contribution in [-0.2, 0) is 10.3 Å². The van der Waals surface area contributed by atoms with Crippen LogP contribution in [0.3, 0.4) is 0 Å². The molecule has 0 aromatic heterocycles. The molecule has 2 atom stereocenters. The fourth-order valence-corrected chi connectivity index (χ4v) is 2.61. The second kappa shape index (κ2) is 4.33. The molecule has 0 saturated heterocycles. The second-order valence-electron chi connectivity index (χ2n) is 4.58. The predicted octanol–water partition coefficient (Wildman–Crippen LogP) is 1.25. The minimum Gasteiger partial charge on any atom is -0.328 e. The maximum atomic E-state index is 11.6. The Balaban J connectivity index is 2.38. The highest BCUT2D eigenvalue weighted by atomic mass is 32.2. The first-order valence-electron chi connectivity index (χ1n) is 5.55. The summed E-state index contributed by atoms with van der Waals surface area (Å²) in [4.78, 5) is 12.7. The van der Waals surface area contributed by atoms with Crippen LogP contribution < -0.4 is 16.8 Å². The molecular weight excluding hydrogens is 234 g/mol. The van der Waals surface area contributed by atoms with Crippen LogP contribution >= 0.6 is 11.8 Å². The molecule has 0 radical (unpaired) electrons. The van der Waals surface area contributed by atoms with E-state index in [1.54, 1.807) is 11.8 Å². The molecule has 1 aliphatic rings. The van der Waals surface area contributed by atoms with Crippen molar-refractivity contribution < 1.29 is 4.79 Å². The predicted molar refractivity (Wildman–Crippen MR) is 71.0 cm³/mol. The Hall–Kier alpha value is -1.04. The van der Waals surface area contributed by atoms with E-state index in [0.717, 1.165) is 16.1 Å². The number of nitrogens with one attached hydrogen (secondary N) is 1. The van der Waals surface area contributed by atoms with Gasteiger partial charge in [0.15, 0.2) is 0 Å². The van der Waals surface area contributed by atoms with Crippen LogP contribution in [-0.4, -0.2) is 17.7 Å². The monoisotopic (exact) mass is 251 g/mol. The number of amides is 1. The third-order valence-corrected chi connectivity index (χ3v) is 4.17. The van der Waals surface area contributed by atoms with Crippen LogP contribution in [0.5, 0.6) is 0 Å². The lowest BCUT2D eigenvalue weighted by molar-refractivity contribution is -0.115. The van der Waals surface area contributed by atoms with Crippen molar-refractivity contribution in [2.24, 2.45) is 11.5 Å². The van der Waals surface area contributed by atoms with Crippen LogP contribution in [0.25, 0.3) is 0 Å². The quantitative estimate of drug-likeness (QED) is 0.739. The first-order valence-corrected chi connectivity index (χ1v) is 6.43. The van der Waals surface area contributed by atoms with E-state index in [4.69, 9.17) is 11.5 Å². The number of benzene rings is 1.